The molecule has 0 unspecified atom stereocenters. The molecule has 2 heterocycles. The molecular weight excluding hydrogens is 530 g/mol. The summed E-state index contributed by atoms with van der Waals surface area (Å²) >= 11 is 0. The van der Waals surface area contributed by atoms with Crippen molar-refractivity contribution in [3.05, 3.63) is 96.1 Å². The summed E-state index contributed by atoms with van der Waals surface area (Å²) in [5.74, 6) is 0.599. The lowest BCUT2D eigenvalue weighted by atomic mass is 10.0. The minimum atomic E-state index is -4.41. The molecule has 0 fully saturated rings. The molecule has 204 valence electrons. The van der Waals surface area contributed by atoms with Gasteiger partial charge < -0.3 is 9.30 Å². The number of ether oxygens (including phenoxy) is 1. The molecule has 0 saturated heterocycles. The highest BCUT2D eigenvalue weighted by Crippen LogP contribution is 2.37. The van der Waals surface area contributed by atoms with E-state index in [1.165, 1.54) is 24.3 Å². The second-order valence-electron chi connectivity index (χ2n) is 9.84. The number of aliphatic imine (C=N–C) groups is 1. The Kier molecular flexibility index (Phi) is 6.12. The number of fused-ring (bicyclic) bond motifs is 3. The molecule has 40 heavy (non-hydrogen) atoms. The van der Waals surface area contributed by atoms with E-state index < -0.39 is 23.5 Å². The zero-order valence-corrected chi connectivity index (χ0v) is 21.1. The van der Waals surface area contributed by atoms with Crippen molar-refractivity contribution in [1.29, 1.82) is 0 Å². The van der Waals surface area contributed by atoms with Crippen LogP contribution < -0.4 is 0 Å². The van der Waals surface area contributed by atoms with E-state index in [1.54, 1.807) is 6.92 Å². The van der Waals surface area contributed by atoms with Crippen LogP contribution in [0, 0.1) is 0 Å². The fourth-order valence-electron chi connectivity index (χ4n) is 5.21. The predicted octanol–water partition coefficient (Wildman–Crippen LogP) is 8.98. The number of nitrogens with zero attached hydrogens (tertiary/aromatic N) is 2. The van der Waals surface area contributed by atoms with E-state index in [9.17, 15) is 26.3 Å². The summed E-state index contributed by atoms with van der Waals surface area (Å²) in [5.41, 5.74) is 3.14. The highest BCUT2D eigenvalue weighted by Gasteiger charge is 2.31. The molecular formula is C31H22F6N2O. The largest absolute Gasteiger partial charge is 0.479 e. The standard InChI is InChI=1S/C31H22F6N2O/c1-18-38-25(17-40-18)16-39-28-14-21(19-2-8-23(9-3-19)30(32,33)34)6-12-26(28)27-13-7-22(15-29(27)39)20-4-10-24(11-5-20)31(35,36)37/h2-15,25H,16-17H2,1H3/t25-/m0/s1. The van der Waals surface area contributed by atoms with Crippen molar-refractivity contribution in [3.8, 4) is 22.3 Å². The molecule has 0 aliphatic carbocycles. The van der Waals surface area contributed by atoms with E-state index in [1.807, 2.05) is 36.4 Å². The van der Waals surface area contributed by atoms with Gasteiger partial charge in [0.2, 0.25) is 0 Å². The SMILES string of the molecule is CC1=N[C@@H](Cn2c3cc(-c4ccc(C(F)(F)F)cc4)ccc3c3ccc(-c4ccc(C(F)(F)F)cc4)cc32)CO1. The average molecular weight is 553 g/mol. The van der Waals surface area contributed by atoms with Crippen LogP contribution >= 0.6 is 0 Å². The number of hydrogen-bond acceptors (Lipinski definition) is 2. The van der Waals surface area contributed by atoms with Gasteiger partial charge in [-0.1, -0.05) is 48.5 Å². The van der Waals surface area contributed by atoms with Gasteiger partial charge in [0.05, 0.1) is 11.1 Å². The van der Waals surface area contributed by atoms with Crippen LogP contribution in [0.15, 0.2) is 89.9 Å². The number of aromatic nitrogens is 1. The maximum absolute atomic E-state index is 13.1. The summed E-state index contributed by atoms with van der Waals surface area (Å²) in [6.45, 7) is 2.70. The first-order valence-electron chi connectivity index (χ1n) is 12.6. The van der Waals surface area contributed by atoms with Gasteiger partial charge >= 0.3 is 12.4 Å². The van der Waals surface area contributed by atoms with Crippen LogP contribution in [0.2, 0.25) is 0 Å². The summed E-state index contributed by atoms with van der Waals surface area (Å²) < 4.78 is 86.1. The number of alkyl halides is 6. The molecule has 9 heteroatoms. The molecule has 1 atom stereocenters. The predicted molar refractivity (Wildman–Crippen MR) is 143 cm³/mol. The maximum atomic E-state index is 13.1. The molecule has 3 nitrogen and oxygen atoms in total. The summed E-state index contributed by atoms with van der Waals surface area (Å²) in [6, 6.07) is 21.5. The van der Waals surface area contributed by atoms with Crippen molar-refractivity contribution < 1.29 is 31.1 Å². The van der Waals surface area contributed by atoms with Gasteiger partial charge in [0.1, 0.15) is 12.6 Å². The Bertz CT molecular complexity index is 1630. The van der Waals surface area contributed by atoms with Crippen molar-refractivity contribution in [1.82, 2.24) is 4.57 Å². The van der Waals surface area contributed by atoms with Gasteiger partial charge in [-0.2, -0.15) is 26.3 Å². The molecule has 0 amide bonds. The van der Waals surface area contributed by atoms with E-state index >= 15 is 0 Å². The maximum Gasteiger partial charge on any atom is 0.416 e. The van der Waals surface area contributed by atoms with Gasteiger partial charge in [-0.05, 0) is 58.7 Å². The van der Waals surface area contributed by atoms with Gasteiger partial charge in [0.15, 0.2) is 5.90 Å². The molecule has 1 aromatic heterocycles. The summed E-state index contributed by atoms with van der Waals surface area (Å²) in [6.07, 6.45) is -8.83. The van der Waals surface area contributed by atoms with Crippen LogP contribution in [0.4, 0.5) is 26.3 Å². The Morgan fingerprint density at radius 3 is 1.48 bits per heavy atom. The topological polar surface area (TPSA) is 26.5 Å². The van der Waals surface area contributed by atoms with Crippen LogP contribution in [-0.4, -0.2) is 23.1 Å². The van der Waals surface area contributed by atoms with Crippen LogP contribution in [-0.2, 0) is 23.6 Å². The van der Waals surface area contributed by atoms with Crippen LogP contribution in [0.3, 0.4) is 0 Å². The van der Waals surface area contributed by atoms with Crippen molar-refractivity contribution in [3.63, 3.8) is 0 Å². The number of halogens is 6. The van der Waals surface area contributed by atoms with Gasteiger partial charge in [-0.25, -0.2) is 4.99 Å². The first-order valence-corrected chi connectivity index (χ1v) is 12.6. The second-order valence-corrected chi connectivity index (χ2v) is 9.84. The molecule has 0 radical (unpaired) electrons. The molecule has 5 aromatic rings. The van der Waals surface area contributed by atoms with E-state index in [4.69, 9.17) is 4.74 Å². The first-order chi connectivity index (χ1) is 19.0. The Morgan fingerprint density at radius 1 is 0.675 bits per heavy atom. The van der Waals surface area contributed by atoms with Gasteiger partial charge in [-0.15, -0.1) is 0 Å². The zero-order chi connectivity index (χ0) is 28.2. The average Bonchev–Trinajstić information content (AvgIpc) is 3.48. The number of benzene rings is 4. The van der Waals surface area contributed by atoms with E-state index in [0.29, 0.717) is 30.2 Å². The van der Waals surface area contributed by atoms with E-state index in [0.717, 1.165) is 57.2 Å². The quantitative estimate of drug-likeness (QED) is 0.205. The molecule has 4 aromatic carbocycles. The Morgan fingerprint density at radius 2 is 1.10 bits per heavy atom. The highest BCUT2D eigenvalue weighted by atomic mass is 19.4. The van der Waals surface area contributed by atoms with Crippen LogP contribution in [0.5, 0.6) is 0 Å². The molecule has 6 rings (SSSR count). The lowest BCUT2D eigenvalue weighted by Gasteiger charge is -2.12. The van der Waals surface area contributed by atoms with Gasteiger partial charge in [0, 0.05) is 35.3 Å². The molecule has 0 spiro atoms. The summed E-state index contributed by atoms with van der Waals surface area (Å²) in [5, 5.41) is 1.90. The monoisotopic (exact) mass is 552 g/mol. The lowest BCUT2D eigenvalue weighted by Crippen LogP contribution is -2.15. The van der Waals surface area contributed by atoms with Crippen molar-refractivity contribution in [2.24, 2.45) is 4.99 Å². The molecule has 0 bridgehead atoms. The summed E-state index contributed by atoms with van der Waals surface area (Å²) in [4.78, 5) is 4.56. The third kappa shape index (κ3) is 4.80. The molecule has 0 N–H and O–H groups in total. The minimum absolute atomic E-state index is 0.136. The lowest BCUT2D eigenvalue weighted by molar-refractivity contribution is -0.138. The van der Waals surface area contributed by atoms with E-state index in [-0.39, 0.29) is 6.04 Å². The van der Waals surface area contributed by atoms with Gasteiger partial charge in [-0.3, -0.25) is 0 Å². The fraction of sp³-hybridized carbons (Fsp3) is 0.194. The Labute approximate surface area is 225 Å². The van der Waals surface area contributed by atoms with Gasteiger partial charge in [0.25, 0.3) is 0 Å². The second kappa shape index (κ2) is 9.43. The van der Waals surface area contributed by atoms with Crippen LogP contribution in [0.1, 0.15) is 18.1 Å². The molecule has 1 aliphatic heterocycles. The van der Waals surface area contributed by atoms with E-state index in [2.05, 4.69) is 9.56 Å². The molecule has 0 saturated carbocycles. The Balaban J connectivity index is 1.48. The Hall–Kier alpha value is -4.27. The van der Waals surface area contributed by atoms with Crippen molar-refractivity contribution in [2.45, 2.75) is 31.9 Å². The normalized spacial score (nSPS) is 16.0. The third-order valence-electron chi connectivity index (χ3n) is 7.20. The number of hydrogen-bond donors (Lipinski definition) is 0. The molecule has 1 aliphatic rings. The first kappa shape index (κ1) is 26.0. The van der Waals surface area contributed by atoms with Crippen molar-refractivity contribution >= 4 is 27.7 Å². The summed E-state index contributed by atoms with van der Waals surface area (Å²) in [7, 11) is 0. The van der Waals surface area contributed by atoms with Crippen LogP contribution in [0.25, 0.3) is 44.1 Å². The minimum Gasteiger partial charge on any atom is -0.479 e. The third-order valence-corrected chi connectivity index (χ3v) is 7.20. The zero-order valence-electron chi connectivity index (χ0n) is 21.1. The highest BCUT2D eigenvalue weighted by molar-refractivity contribution is 6.10. The number of rotatable bonds is 4. The smallest absolute Gasteiger partial charge is 0.416 e. The fourth-order valence-corrected chi connectivity index (χ4v) is 5.21. The van der Waals surface area contributed by atoms with Crippen molar-refractivity contribution in [2.75, 3.05) is 6.61 Å².